The molecule has 4 aliphatic rings. The molecular weight excluding hydrogens is 352 g/mol. The Morgan fingerprint density at radius 3 is 2.43 bits per heavy atom. The van der Waals surface area contributed by atoms with Gasteiger partial charge in [0.2, 0.25) is 0 Å². The van der Waals surface area contributed by atoms with Gasteiger partial charge in [0.15, 0.2) is 5.79 Å². The molecule has 160 valence electrons. The summed E-state index contributed by atoms with van der Waals surface area (Å²) in [7, 11) is 0. The molecule has 0 aliphatic heterocycles. The Kier molecular flexibility index (Phi) is 5.14. The zero-order valence-electron chi connectivity index (χ0n) is 18.0. The average molecular weight is 393 g/mol. The van der Waals surface area contributed by atoms with E-state index < -0.39 is 11.8 Å². The summed E-state index contributed by atoms with van der Waals surface area (Å²) in [5.74, 6) is -0.121. The zero-order valence-corrected chi connectivity index (χ0v) is 18.0. The highest BCUT2D eigenvalue weighted by Crippen LogP contribution is 2.69. The molecular formula is C24H40O4. The van der Waals surface area contributed by atoms with Crippen molar-refractivity contribution < 1.29 is 20.1 Å². The van der Waals surface area contributed by atoms with E-state index in [1.54, 1.807) is 0 Å². The van der Waals surface area contributed by atoms with Gasteiger partial charge in [-0.2, -0.15) is 0 Å². The Morgan fingerprint density at radius 1 is 1.00 bits per heavy atom. The monoisotopic (exact) mass is 392 g/mol. The van der Waals surface area contributed by atoms with Crippen LogP contribution in [0.4, 0.5) is 0 Å². The van der Waals surface area contributed by atoms with Gasteiger partial charge in [0.05, 0.1) is 0 Å². The number of hydrogen-bond donors (Lipinski definition) is 3. The molecule has 0 spiro atoms. The van der Waals surface area contributed by atoms with Crippen molar-refractivity contribution in [3.05, 3.63) is 0 Å². The normalized spacial score (nSPS) is 48.2. The summed E-state index contributed by atoms with van der Waals surface area (Å²) in [4.78, 5) is 11.1. The lowest BCUT2D eigenvalue weighted by Crippen LogP contribution is -2.63. The number of hydrogen-bond acceptors (Lipinski definition) is 3. The fraction of sp³-hybridized carbons (Fsp3) is 0.958. The third kappa shape index (κ3) is 3.05. The van der Waals surface area contributed by atoms with Crippen molar-refractivity contribution in [1.29, 1.82) is 0 Å². The van der Waals surface area contributed by atoms with Crippen LogP contribution < -0.4 is 0 Å². The summed E-state index contributed by atoms with van der Waals surface area (Å²) in [5.41, 5.74) is 0.389. The lowest BCUT2D eigenvalue weighted by Gasteiger charge is -2.64. The quantitative estimate of drug-likeness (QED) is 0.599. The van der Waals surface area contributed by atoms with Crippen molar-refractivity contribution in [3.63, 3.8) is 0 Å². The topological polar surface area (TPSA) is 77.8 Å². The van der Waals surface area contributed by atoms with E-state index in [2.05, 4.69) is 20.8 Å². The van der Waals surface area contributed by atoms with E-state index in [9.17, 15) is 15.0 Å². The first kappa shape index (κ1) is 20.7. The number of fused-ring (bicyclic) bond motifs is 5. The van der Waals surface area contributed by atoms with Crippen LogP contribution in [0.1, 0.15) is 91.4 Å². The summed E-state index contributed by atoms with van der Waals surface area (Å²) >= 11 is 0. The Labute approximate surface area is 170 Å². The molecule has 0 aromatic carbocycles. The van der Waals surface area contributed by atoms with Crippen LogP contribution in [-0.4, -0.2) is 27.1 Å². The standard InChI is InChI=1S/C24H40O4/c1-15(7-10-20(25)26)17-8-9-18-21-19(11-13-23(17,18)3)22(2)12-5-4-6-16(22)14-24(21,27)28/h15-19,21,27-28H,4-14H2,1-3H3,(H,25,26)/t15-,16+,17-,18+,19+,21+,22+,23-/m1/s1. The second-order valence-corrected chi connectivity index (χ2v) is 11.4. The number of aliphatic hydroxyl groups is 2. The molecule has 28 heavy (non-hydrogen) atoms. The van der Waals surface area contributed by atoms with Crippen LogP contribution in [0.5, 0.6) is 0 Å². The third-order valence-corrected chi connectivity index (χ3v) is 10.2. The molecule has 0 radical (unpaired) electrons. The highest BCUT2D eigenvalue weighted by molar-refractivity contribution is 5.66. The average Bonchev–Trinajstić information content (AvgIpc) is 2.97. The van der Waals surface area contributed by atoms with Crippen molar-refractivity contribution in [3.8, 4) is 0 Å². The SMILES string of the molecule is C[C@H](CCC(=O)O)[C@H]1CC[C@H]2[C@H]3[C@H](CC[C@]12C)[C@@]1(C)CCCC[C@H]1CC3(O)O. The molecule has 0 bridgehead atoms. The van der Waals surface area contributed by atoms with Crippen molar-refractivity contribution in [2.45, 2.75) is 97.2 Å². The molecule has 0 amide bonds. The zero-order chi connectivity index (χ0) is 20.3. The summed E-state index contributed by atoms with van der Waals surface area (Å²) in [6, 6.07) is 0. The van der Waals surface area contributed by atoms with Crippen molar-refractivity contribution in [1.82, 2.24) is 0 Å². The molecule has 0 aromatic rings. The van der Waals surface area contributed by atoms with Crippen LogP contribution in [0.15, 0.2) is 0 Å². The Morgan fingerprint density at radius 2 is 1.71 bits per heavy atom. The Bertz CT molecular complexity index is 616. The van der Waals surface area contributed by atoms with E-state index in [0.29, 0.717) is 36.0 Å². The fourth-order valence-corrected chi connectivity index (χ4v) is 8.80. The van der Waals surface area contributed by atoms with E-state index in [0.717, 1.165) is 32.1 Å². The summed E-state index contributed by atoms with van der Waals surface area (Å²) < 4.78 is 0. The van der Waals surface area contributed by atoms with Gasteiger partial charge in [-0.1, -0.05) is 33.6 Å². The molecule has 0 saturated heterocycles. The van der Waals surface area contributed by atoms with Gasteiger partial charge in [0.25, 0.3) is 0 Å². The summed E-state index contributed by atoms with van der Waals surface area (Å²) in [5, 5.41) is 31.6. The molecule has 4 nitrogen and oxygen atoms in total. The van der Waals surface area contributed by atoms with Gasteiger partial charge in [-0.25, -0.2) is 0 Å². The first-order valence-corrected chi connectivity index (χ1v) is 11.8. The first-order chi connectivity index (χ1) is 13.1. The van der Waals surface area contributed by atoms with E-state index in [1.807, 2.05) is 0 Å². The molecule has 0 heterocycles. The largest absolute Gasteiger partial charge is 0.481 e. The molecule has 4 heteroatoms. The summed E-state index contributed by atoms with van der Waals surface area (Å²) in [6.45, 7) is 7.06. The van der Waals surface area contributed by atoms with Gasteiger partial charge >= 0.3 is 5.97 Å². The lowest BCUT2D eigenvalue weighted by molar-refractivity contribution is -0.302. The molecule has 3 N–H and O–H groups in total. The van der Waals surface area contributed by atoms with Crippen LogP contribution in [-0.2, 0) is 4.79 Å². The smallest absolute Gasteiger partial charge is 0.303 e. The lowest BCUT2D eigenvalue weighted by atomic mass is 9.43. The second-order valence-electron chi connectivity index (χ2n) is 11.4. The van der Waals surface area contributed by atoms with Gasteiger partial charge in [-0.3, -0.25) is 4.79 Å². The van der Waals surface area contributed by atoms with E-state index in [1.165, 1.54) is 25.7 Å². The summed E-state index contributed by atoms with van der Waals surface area (Å²) in [6.07, 6.45) is 10.9. The van der Waals surface area contributed by atoms with Gasteiger partial charge in [0, 0.05) is 18.8 Å². The number of aliphatic carboxylic acids is 1. The Balaban J connectivity index is 1.61. The number of carboxylic acids is 1. The number of carbonyl (C=O) groups is 1. The molecule has 4 saturated carbocycles. The third-order valence-electron chi connectivity index (χ3n) is 10.2. The van der Waals surface area contributed by atoms with Gasteiger partial charge in [-0.15, -0.1) is 0 Å². The van der Waals surface area contributed by atoms with Crippen LogP contribution in [0, 0.1) is 46.3 Å². The van der Waals surface area contributed by atoms with Crippen LogP contribution in [0.3, 0.4) is 0 Å². The number of carboxylic acid groups (broad SMARTS) is 1. The van der Waals surface area contributed by atoms with Gasteiger partial charge in [0.1, 0.15) is 0 Å². The maximum absolute atomic E-state index is 11.3. The molecule has 8 atom stereocenters. The minimum atomic E-state index is -1.53. The predicted molar refractivity (Wildman–Crippen MR) is 108 cm³/mol. The first-order valence-electron chi connectivity index (χ1n) is 11.8. The molecule has 4 fully saturated rings. The van der Waals surface area contributed by atoms with E-state index in [-0.39, 0.29) is 23.2 Å². The highest BCUT2D eigenvalue weighted by Gasteiger charge is 2.66. The van der Waals surface area contributed by atoms with Crippen molar-refractivity contribution >= 4 is 5.97 Å². The maximum atomic E-state index is 11.3. The van der Waals surface area contributed by atoms with E-state index >= 15 is 0 Å². The van der Waals surface area contributed by atoms with Crippen LogP contribution in [0.2, 0.25) is 0 Å². The van der Waals surface area contributed by atoms with Crippen molar-refractivity contribution in [2.75, 3.05) is 0 Å². The fourth-order valence-electron chi connectivity index (χ4n) is 8.80. The van der Waals surface area contributed by atoms with Gasteiger partial charge in [-0.05, 0) is 85.4 Å². The van der Waals surface area contributed by atoms with Gasteiger partial charge < -0.3 is 15.3 Å². The maximum Gasteiger partial charge on any atom is 0.303 e. The highest BCUT2D eigenvalue weighted by atomic mass is 16.5. The Hall–Kier alpha value is -0.610. The minimum Gasteiger partial charge on any atom is -0.481 e. The number of rotatable bonds is 4. The van der Waals surface area contributed by atoms with Crippen LogP contribution >= 0.6 is 0 Å². The van der Waals surface area contributed by atoms with E-state index in [4.69, 9.17) is 5.11 Å². The minimum absolute atomic E-state index is 0.0118. The molecule has 4 rings (SSSR count). The van der Waals surface area contributed by atoms with Crippen molar-refractivity contribution in [2.24, 2.45) is 46.3 Å². The molecule has 4 aliphatic carbocycles. The molecule has 0 aromatic heterocycles. The molecule has 0 unspecified atom stereocenters. The van der Waals surface area contributed by atoms with Crippen LogP contribution in [0.25, 0.3) is 0 Å². The predicted octanol–water partition coefficient (Wildman–Crippen LogP) is 4.83. The second kappa shape index (κ2) is 6.97.